The molecule has 3 nitrogen and oxygen atoms in total. The van der Waals surface area contributed by atoms with Crippen molar-refractivity contribution in [2.45, 2.75) is 76.3 Å². The molecule has 0 amide bonds. The fourth-order valence-corrected chi connectivity index (χ4v) is 6.56. The van der Waals surface area contributed by atoms with Crippen LogP contribution in [0.5, 0.6) is 0 Å². The lowest BCUT2D eigenvalue weighted by Crippen LogP contribution is -2.50. The van der Waals surface area contributed by atoms with Crippen molar-refractivity contribution in [2.24, 2.45) is 4.99 Å². The molecule has 27 heavy (non-hydrogen) atoms. The van der Waals surface area contributed by atoms with Crippen molar-refractivity contribution in [3.8, 4) is 6.07 Å². The summed E-state index contributed by atoms with van der Waals surface area (Å²) >= 11 is 1.98. The lowest BCUT2D eigenvalue weighted by molar-refractivity contribution is 0.163. The van der Waals surface area contributed by atoms with Gasteiger partial charge in [0.1, 0.15) is 0 Å². The third kappa shape index (κ3) is 3.67. The molecule has 3 fully saturated rings. The van der Waals surface area contributed by atoms with Gasteiger partial charge in [0.15, 0.2) is 5.17 Å². The average Bonchev–Trinajstić information content (AvgIpc) is 3.44. The second kappa shape index (κ2) is 8.10. The van der Waals surface area contributed by atoms with Gasteiger partial charge in [-0.05, 0) is 61.4 Å². The van der Waals surface area contributed by atoms with E-state index in [4.69, 9.17) is 10.3 Å². The number of thioether (sulfide) groups is 1. The number of benzene rings is 1. The van der Waals surface area contributed by atoms with Crippen molar-refractivity contribution in [3.63, 3.8) is 0 Å². The Labute approximate surface area is 167 Å². The predicted octanol–water partition coefficient (Wildman–Crippen LogP) is 6.08. The Morgan fingerprint density at radius 2 is 2.04 bits per heavy atom. The molecule has 1 aliphatic heterocycles. The zero-order valence-corrected chi connectivity index (χ0v) is 17.1. The third-order valence-corrected chi connectivity index (χ3v) is 7.69. The summed E-state index contributed by atoms with van der Waals surface area (Å²) in [5.41, 5.74) is 3.82. The smallest absolute Gasteiger partial charge is 0.165 e. The highest BCUT2D eigenvalue weighted by Gasteiger charge is 2.49. The van der Waals surface area contributed by atoms with Crippen molar-refractivity contribution in [1.29, 1.82) is 5.26 Å². The van der Waals surface area contributed by atoms with Gasteiger partial charge in [-0.25, -0.2) is 4.99 Å². The van der Waals surface area contributed by atoms with Crippen molar-refractivity contribution < 1.29 is 0 Å². The molecule has 0 radical (unpaired) electrons. The molecule has 2 aliphatic carbocycles. The molecule has 2 saturated carbocycles. The summed E-state index contributed by atoms with van der Waals surface area (Å²) in [4.78, 5) is 7.98. The van der Waals surface area contributed by atoms with Crippen molar-refractivity contribution >= 4 is 28.7 Å². The molecule has 0 bridgehead atoms. The first-order chi connectivity index (χ1) is 13.3. The van der Waals surface area contributed by atoms with Crippen LogP contribution in [-0.2, 0) is 6.42 Å². The summed E-state index contributed by atoms with van der Waals surface area (Å²) < 4.78 is 0. The predicted molar refractivity (Wildman–Crippen MR) is 115 cm³/mol. The van der Waals surface area contributed by atoms with Crippen LogP contribution < -0.4 is 0 Å². The van der Waals surface area contributed by atoms with E-state index in [0.717, 1.165) is 17.7 Å². The Hall–Kier alpha value is -1.73. The van der Waals surface area contributed by atoms with Crippen LogP contribution in [0, 0.1) is 11.3 Å². The SMILES string of the molecule is CCc1cc(C=CC#N)ccc1N=C1SCC2(CCCC2)N1C1CCCC1. The zero-order valence-electron chi connectivity index (χ0n) is 16.3. The van der Waals surface area contributed by atoms with Gasteiger partial charge in [-0.15, -0.1) is 0 Å². The van der Waals surface area contributed by atoms with Gasteiger partial charge >= 0.3 is 0 Å². The monoisotopic (exact) mass is 379 g/mol. The fourth-order valence-electron chi connectivity index (χ4n) is 5.09. The van der Waals surface area contributed by atoms with Crippen molar-refractivity contribution in [2.75, 3.05) is 5.75 Å². The van der Waals surface area contributed by atoms with Crippen LogP contribution >= 0.6 is 11.8 Å². The molecule has 1 aromatic carbocycles. The van der Waals surface area contributed by atoms with Crippen LogP contribution in [0.4, 0.5) is 5.69 Å². The molecule has 1 aromatic rings. The van der Waals surface area contributed by atoms with E-state index in [0.29, 0.717) is 11.6 Å². The number of aryl methyl sites for hydroxylation is 1. The van der Waals surface area contributed by atoms with E-state index in [1.807, 2.05) is 17.8 Å². The van der Waals surface area contributed by atoms with E-state index in [1.54, 1.807) is 6.08 Å². The maximum Gasteiger partial charge on any atom is 0.165 e. The summed E-state index contributed by atoms with van der Waals surface area (Å²) in [7, 11) is 0. The molecule has 0 aromatic heterocycles. The third-order valence-electron chi connectivity index (χ3n) is 6.46. The molecule has 4 rings (SSSR count). The van der Waals surface area contributed by atoms with Gasteiger partial charge < -0.3 is 4.90 Å². The summed E-state index contributed by atoms with van der Waals surface area (Å²) in [5.74, 6) is 1.22. The minimum Gasteiger partial charge on any atom is -0.342 e. The number of aliphatic imine (C=N–C) groups is 1. The molecule has 1 saturated heterocycles. The number of rotatable bonds is 4. The van der Waals surface area contributed by atoms with E-state index >= 15 is 0 Å². The van der Waals surface area contributed by atoms with Crippen molar-refractivity contribution in [3.05, 3.63) is 35.4 Å². The van der Waals surface area contributed by atoms with E-state index in [9.17, 15) is 0 Å². The largest absolute Gasteiger partial charge is 0.342 e. The minimum absolute atomic E-state index is 0.375. The molecule has 0 unspecified atom stereocenters. The molecule has 1 heterocycles. The summed E-state index contributed by atoms with van der Waals surface area (Å²) in [5, 5.41) is 10.0. The minimum atomic E-state index is 0.375. The molecule has 0 N–H and O–H groups in total. The molecule has 1 spiro atoms. The first kappa shape index (κ1) is 18.6. The normalized spacial score (nSPS) is 23.9. The second-order valence-corrected chi connectivity index (χ2v) is 9.07. The fraction of sp³-hybridized carbons (Fsp3) is 0.565. The standard InChI is InChI=1S/C23H29N3S/c1-2-19-16-18(8-7-15-24)11-12-21(19)25-22-26(20-9-3-4-10-20)23(17-27-22)13-5-6-14-23/h7-8,11-12,16,20H,2-6,9-10,13-14,17H2,1H3. The van der Waals surface area contributed by atoms with Crippen LogP contribution in [0.1, 0.15) is 69.4 Å². The number of nitriles is 1. The first-order valence-corrected chi connectivity index (χ1v) is 11.4. The van der Waals surface area contributed by atoms with Gasteiger partial charge in [-0.3, -0.25) is 0 Å². The van der Waals surface area contributed by atoms with E-state index in [1.165, 1.54) is 67.9 Å². The van der Waals surface area contributed by atoms with Gasteiger partial charge in [0, 0.05) is 17.9 Å². The van der Waals surface area contributed by atoms with Crippen LogP contribution in [-0.4, -0.2) is 27.4 Å². The van der Waals surface area contributed by atoms with Gasteiger partial charge in [0.2, 0.25) is 0 Å². The zero-order chi connectivity index (χ0) is 18.7. The maximum absolute atomic E-state index is 8.77. The molecule has 3 aliphatic rings. The highest BCUT2D eigenvalue weighted by molar-refractivity contribution is 8.14. The van der Waals surface area contributed by atoms with Crippen LogP contribution in [0.15, 0.2) is 29.3 Å². The number of hydrogen-bond donors (Lipinski definition) is 0. The Kier molecular flexibility index (Phi) is 5.59. The van der Waals surface area contributed by atoms with Crippen molar-refractivity contribution in [1.82, 2.24) is 4.90 Å². The first-order valence-electron chi connectivity index (χ1n) is 10.5. The number of allylic oxidation sites excluding steroid dienone is 1. The Balaban J connectivity index is 1.67. The molecule has 142 valence electrons. The Bertz CT molecular complexity index is 777. The maximum atomic E-state index is 8.77. The van der Waals surface area contributed by atoms with E-state index in [2.05, 4.69) is 36.1 Å². The molecular weight excluding hydrogens is 350 g/mol. The molecular formula is C23H29N3S. The molecule has 0 atom stereocenters. The quantitative estimate of drug-likeness (QED) is 0.595. The highest BCUT2D eigenvalue weighted by atomic mass is 32.2. The Morgan fingerprint density at radius 3 is 2.74 bits per heavy atom. The van der Waals surface area contributed by atoms with Gasteiger partial charge in [0.05, 0.1) is 17.3 Å². The van der Waals surface area contributed by atoms with Gasteiger partial charge in [-0.1, -0.05) is 50.4 Å². The lowest BCUT2D eigenvalue weighted by atomic mass is 9.95. The van der Waals surface area contributed by atoms with Crippen LogP contribution in [0.2, 0.25) is 0 Å². The van der Waals surface area contributed by atoms with Gasteiger partial charge in [-0.2, -0.15) is 5.26 Å². The Morgan fingerprint density at radius 1 is 1.26 bits per heavy atom. The summed E-state index contributed by atoms with van der Waals surface area (Å²) in [6.07, 6.45) is 15.2. The van der Waals surface area contributed by atoms with Gasteiger partial charge in [0.25, 0.3) is 0 Å². The number of hydrogen-bond acceptors (Lipinski definition) is 3. The van der Waals surface area contributed by atoms with E-state index in [-0.39, 0.29) is 0 Å². The number of amidine groups is 1. The molecule has 4 heteroatoms. The summed E-state index contributed by atoms with van der Waals surface area (Å²) in [6.45, 7) is 2.19. The van der Waals surface area contributed by atoms with Crippen LogP contribution in [0.3, 0.4) is 0 Å². The number of nitrogens with zero attached hydrogens (tertiary/aromatic N) is 3. The topological polar surface area (TPSA) is 39.4 Å². The lowest BCUT2D eigenvalue weighted by Gasteiger charge is -2.40. The second-order valence-electron chi connectivity index (χ2n) is 8.13. The summed E-state index contributed by atoms with van der Waals surface area (Å²) in [6, 6.07) is 9.16. The van der Waals surface area contributed by atoms with Crippen LogP contribution in [0.25, 0.3) is 6.08 Å². The average molecular weight is 380 g/mol. The van der Waals surface area contributed by atoms with E-state index < -0.39 is 0 Å². The highest BCUT2D eigenvalue weighted by Crippen LogP contribution is 2.48.